The summed E-state index contributed by atoms with van der Waals surface area (Å²) in [4.78, 5) is 22.6. The Labute approximate surface area is 142 Å². The number of aromatic nitrogens is 2. The third-order valence-corrected chi connectivity index (χ3v) is 4.20. The highest BCUT2D eigenvalue weighted by atomic mass is 16.2. The van der Waals surface area contributed by atoms with Crippen molar-refractivity contribution < 1.29 is 4.79 Å². The minimum absolute atomic E-state index is 0.165. The lowest BCUT2D eigenvalue weighted by Crippen LogP contribution is -2.25. The Morgan fingerprint density at radius 2 is 2.04 bits per heavy atom. The van der Waals surface area contributed by atoms with Crippen molar-refractivity contribution in [2.45, 2.75) is 26.2 Å². The zero-order chi connectivity index (χ0) is 17.1. The van der Waals surface area contributed by atoms with E-state index in [2.05, 4.69) is 29.1 Å². The van der Waals surface area contributed by atoms with Gasteiger partial charge in [-0.25, -0.2) is 4.98 Å². The second-order valence-corrected chi connectivity index (χ2v) is 6.48. The number of para-hydroxylation sites is 1. The number of nitrogens with two attached hydrogens (primary N) is 1. The van der Waals surface area contributed by atoms with Gasteiger partial charge in [0, 0.05) is 37.2 Å². The van der Waals surface area contributed by atoms with Crippen LogP contribution in [-0.4, -0.2) is 29.0 Å². The van der Waals surface area contributed by atoms with Crippen molar-refractivity contribution in [3.05, 3.63) is 42.1 Å². The van der Waals surface area contributed by atoms with E-state index in [4.69, 9.17) is 5.73 Å². The molecule has 1 saturated heterocycles. The molecular formula is C18H23N5O. The molecule has 24 heavy (non-hydrogen) atoms. The molecule has 0 saturated carbocycles. The van der Waals surface area contributed by atoms with Crippen LogP contribution in [0.4, 0.5) is 17.5 Å². The van der Waals surface area contributed by atoms with Gasteiger partial charge in [0.15, 0.2) is 0 Å². The third kappa shape index (κ3) is 3.64. The number of carbonyl (C=O) groups is 1. The molecule has 0 radical (unpaired) electrons. The smallest absolute Gasteiger partial charge is 0.227 e. The summed E-state index contributed by atoms with van der Waals surface area (Å²) in [6.07, 6.45) is 0.541. The van der Waals surface area contributed by atoms with Gasteiger partial charge in [-0.15, -0.1) is 0 Å². The largest absolute Gasteiger partial charge is 0.370 e. The van der Waals surface area contributed by atoms with Gasteiger partial charge in [0.2, 0.25) is 11.9 Å². The van der Waals surface area contributed by atoms with Gasteiger partial charge in [-0.2, -0.15) is 4.98 Å². The van der Waals surface area contributed by atoms with E-state index < -0.39 is 0 Å². The summed E-state index contributed by atoms with van der Waals surface area (Å²) in [6, 6.07) is 11.7. The average molecular weight is 325 g/mol. The molecule has 1 aliphatic rings. The number of hydrogen-bond acceptors (Lipinski definition) is 5. The lowest BCUT2D eigenvalue weighted by molar-refractivity contribution is -0.117. The van der Waals surface area contributed by atoms with Crippen molar-refractivity contribution in [3.8, 4) is 0 Å². The highest BCUT2D eigenvalue weighted by Gasteiger charge is 2.30. The van der Waals surface area contributed by atoms with E-state index >= 15 is 0 Å². The van der Waals surface area contributed by atoms with Crippen molar-refractivity contribution in [2.75, 3.05) is 29.0 Å². The topological polar surface area (TPSA) is 84.1 Å². The molecule has 1 aliphatic heterocycles. The molecular weight excluding hydrogens is 302 g/mol. The molecule has 1 aromatic heterocycles. The molecule has 0 spiro atoms. The summed E-state index contributed by atoms with van der Waals surface area (Å²) in [5, 5.41) is 3.31. The Kier molecular flexibility index (Phi) is 4.64. The van der Waals surface area contributed by atoms with E-state index in [0.717, 1.165) is 17.2 Å². The lowest BCUT2D eigenvalue weighted by atomic mass is 10.1. The van der Waals surface area contributed by atoms with Crippen LogP contribution in [0.15, 0.2) is 36.4 Å². The standard InChI is InChI=1S/C18H23N5O/c1-12(2)15-9-16(22-18(19)21-15)20-10-13-8-17(24)23(11-13)14-6-4-3-5-7-14/h3-7,9,12-13H,8,10-11H2,1-2H3,(H3,19,20,21,22)/t13-/m0/s1. The molecule has 126 valence electrons. The van der Waals surface area contributed by atoms with E-state index in [0.29, 0.717) is 19.5 Å². The molecule has 1 fully saturated rings. The van der Waals surface area contributed by atoms with E-state index in [9.17, 15) is 4.79 Å². The highest BCUT2D eigenvalue weighted by Crippen LogP contribution is 2.25. The molecule has 2 aromatic rings. The van der Waals surface area contributed by atoms with Gasteiger partial charge in [-0.1, -0.05) is 32.0 Å². The van der Waals surface area contributed by atoms with Crippen LogP contribution in [0, 0.1) is 5.92 Å². The number of carbonyl (C=O) groups excluding carboxylic acids is 1. The van der Waals surface area contributed by atoms with Gasteiger partial charge in [-0.05, 0) is 18.1 Å². The van der Waals surface area contributed by atoms with Gasteiger partial charge < -0.3 is 16.0 Å². The fourth-order valence-corrected chi connectivity index (χ4v) is 2.90. The minimum atomic E-state index is 0.165. The minimum Gasteiger partial charge on any atom is -0.370 e. The zero-order valence-electron chi connectivity index (χ0n) is 14.1. The number of amides is 1. The summed E-state index contributed by atoms with van der Waals surface area (Å²) in [5.41, 5.74) is 7.65. The van der Waals surface area contributed by atoms with Crippen LogP contribution >= 0.6 is 0 Å². The van der Waals surface area contributed by atoms with Crippen molar-refractivity contribution in [1.29, 1.82) is 0 Å². The normalized spacial score (nSPS) is 17.5. The average Bonchev–Trinajstić information content (AvgIpc) is 2.94. The van der Waals surface area contributed by atoms with Crippen molar-refractivity contribution in [3.63, 3.8) is 0 Å². The number of rotatable bonds is 5. The molecule has 2 heterocycles. The summed E-state index contributed by atoms with van der Waals surface area (Å²) in [6.45, 7) is 5.54. The fourth-order valence-electron chi connectivity index (χ4n) is 2.90. The molecule has 0 unspecified atom stereocenters. The van der Waals surface area contributed by atoms with Gasteiger partial charge in [0.25, 0.3) is 0 Å². The highest BCUT2D eigenvalue weighted by molar-refractivity contribution is 5.95. The van der Waals surface area contributed by atoms with Gasteiger partial charge in [0.1, 0.15) is 5.82 Å². The predicted molar refractivity (Wildman–Crippen MR) is 95.9 cm³/mol. The fraction of sp³-hybridized carbons (Fsp3) is 0.389. The molecule has 3 N–H and O–H groups in total. The molecule has 1 amide bonds. The second-order valence-electron chi connectivity index (χ2n) is 6.48. The second kappa shape index (κ2) is 6.86. The van der Waals surface area contributed by atoms with Crippen molar-refractivity contribution in [2.24, 2.45) is 5.92 Å². The number of nitrogens with one attached hydrogen (secondary N) is 1. The summed E-state index contributed by atoms with van der Waals surface area (Å²) >= 11 is 0. The number of anilines is 3. The van der Waals surface area contributed by atoms with E-state index in [1.54, 1.807) is 0 Å². The number of hydrogen-bond donors (Lipinski definition) is 2. The number of nitrogens with zero attached hydrogens (tertiary/aromatic N) is 3. The van der Waals surface area contributed by atoms with Crippen LogP contribution in [0.3, 0.4) is 0 Å². The number of benzene rings is 1. The van der Waals surface area contributed by atoms with Gasteiger partial charge in [0.05, 0.1) is 5.69 Å². The molecule has 0 bridgehead atoms. The molecule has 1 atom stereocenters. The van der Waals surface area contributed by atoms with Crippen LogP contribution in [0.5, 0.6) is 0 Å². The Morgan fingerprint density at radius 1 is 1.29 bits per heavy atom. The maximum absolute atomic E-state index is 12.2. The molecule has 0 aliphatic carbocycles. The van der Waals surface area contributed by atoms with Gasteiger partial charge >= 0.3 is 0 Å². The van der Waals surface area contributed by atoms with E-state index in [1.807, 2.05) is 41.3 Å². The van der Waals surface area contributed by atoms with Crippen LogP contribution < -0.4 is 16.0 Å². The maximum Gasteiger partial charge on any atom is 0.227 e. The first-order chi connectivity index (χ1) is 11.5. The van der Waals surface area contributed by atoms with Crippen molar-refractivity contribution >= 4 is 23.4 Å². The Bertz CT molecular complexity index is 717. The zero-order valence-corrected chi connectivity index (χ0v) is 14.1. The summed E-state index contributed by atoms with van der Waals surface area (Å²) in [7, 11) is 0. The monoisotopic (exact) mass is 325 g/mol. The Balaban J connectivity index is 1.63. The SMILES string of the molecule is CC(C)c1cc(NC[C@@H]2CC(=O)N(c3ccccc3)C2)nc(N)n1. The summed E-state index contributed by atoms with van der Waals surface area (Å²) < 4.78 is 0. The Hall–Kier alpha value is -2.63. The van der Waals surface area contributed by atoms with E-state index in [-0.39, 0.29) is 23.7 Å². The summed E-state index contributed by atoms with van der Waals surface area (Å²) in [5.74, 6) is 1.70. The van der Waals surface area contributed by atoms with Crippen LogP contribution in [0.2, 0.25) is 0 Å². The van der Waals surface area contributed by atoms with Crippen LogP contribution in [0.25, 0.3) is 0 Å². The molecule has 6 nitrogen and oxygen atoms in total. The lowest BCUT2D eigenvalue weighted by Gasteiger charge is -2.17. The maximum atomic E-state index is 12.2. The van der Waals surface area contributed by atoms with Gasteiger partial charge in [-0.3, -0.25) is 4.79 Å². The predicted octanol–water partition coefficient (Wildman–Crippen LogP) is 2.65. The first-order valence-corrected chi connectivity index (χ1v) is 8.26. The number of nitrogen functional groups attached to an aromatic ring is 1. The molecule has 6 heteroatoms. The quantitative estimate of drug-likeness (QED) is 0.883. The molecule has 1 aromatic carbocycles. The van der Waals surface area contributed by atoms with E-state index in [1.165, 1.54) is 0 Å². The third-order valence-electron chi connectivity index (χ3n) is 4.20. The molecule has 3 rings (SSSR count). The van der Waals surface area contributed by atoms with Crippen LogP contribution in [0.1, 0.15) is 31.9 Å². The Morgan fingerprint density at radius 3 is 2.75 bits per heavy atom. The first-order valence-electron chi connectivity index (χ1n) is 8.26. The first kappa shape index (κ1) is 16.2. The van der Waals surface area contributed by atoms with Crippen LogP contribution in [-0.2, 0) is 4.79 Å². The van der Waals surface area contributed by atoms with Crippen molar-refractivity contribution in [1.82, 2.24) is 9.97 Å².